The Morgan fingerprint density at radius 3 is 3.05 bits per heavy atom. The molecule has 1 saturated carbocycles. The molecule has 1 aliphatic heterocycles. The average Bonchev–Trinajstić information content (AvgIpc) is 2.94. The van der Waals surface area contributed by atoms with Crippen LogP contribution in [0.1, 0.15) is 55.9 Å². The summed E-state index contributed by atoms with van der Waals surface area (Å²) in [6, 6.07) is 2.41. The normalized spacial score (nSPS) is 30.9. The van der Waals surface area contributed by atoms with Crippen LogP contribution in [0.25, 0.3) is 0 Å². The van der Waals surface area contributed by atoms with E-state index in [0.29, 0.717) is 6.04 Å². The lowest BCUT2D eigenvalue weighted by molar-refractivity contribution is 0.0851. The van der Waals surface area contributed by atoms with Crippen LogP contribution in [-0.4, -0.2) is 27.6 Å². The van der Waals surface area contributed by atoms with E-state index in [1.807, 2.05) is 13.0 Å². The summed E-state index contributed by atoms with van der Waals surface area (Å²) in [5.41, 5.74) is 0.759. The van der Waals surface area contributed by atoms with Crippen LogP contribution < -0.4 is 5.32 Å². The van der Waals surface area contributed by atoms with Gasteiger partial charge in [0.05, 0.1) is 6.04 Å². The summed E-state index contributed by atoms with van der Waals surface area (Å²) in [5, 5.41) is 7.80. The SMILES string of the molecule is CCn1nccc1C(=O)C1CCC2CCCCC2N1. The summed E-state index contributed by atoms with van der Waals surface area (Å²) in [7, 11) is 0. The average molecular weight is 261 g/mol. The fraction of sp³-hybridized carbons (Fsp3) is 0.733. The minimum absolute atomic E-state index is 0.00125. The molecule has 1 aliphatic carbocycles. The molecule has 1 aromatic rings. The highest BCUT2D eigenvalue weighted by Crippen LogP contribution is 2.32. The molecular formula is C15H23N3O. The maximum absolute atomic E-state index is 12.6. The number of hydrogen-bond donors (Lipinski definition) is 1. The van der Waals surface area contributed by atoms with Gasteiger partial charge in [-0.3, -0.25) is 9.48 Å². The molecule has 19 heavy (non-hydrogen) atoms. The van der Waals surface area contributed by atoms with Crippen LogP contribution in [0.2, 0.25) is 0 Å². The fourth-order valence-corrected chi connectivity index (χ4v) is 3.67. The molecule has 3 unspecified atom stereocenters. The maximum Gasteiger partial charge on any atom is 0.197 e. The Bertz CT molecular complexity index is 454. The second-order valence-electron chi connectivity index (χ2n) is 5.84. The zero-order chi connectivity index (χ0) is 13.2. The number of piperidine rings is 1. The van der Waals surface area contributed by atoms with Crippen molar-refractivity contribution in [1.29, 1.82) is 0 Å². The van der Waals surface area contributed by atoms with Crippen molar-refractivity contribution in [3.05, 3.63) is 18.0 Å². The number of nitrogens with one attached hydrogen (secondary N) is 1. The van der Waals surface area contributed by atoms with Crippen molar-refractivity contribution in [2.75, 3.05) is 0 Å². The predicted octanol–water partition coefficient (Wildman–Crippen LogP) is 2.40. The molecule has 3 rings (SSSR count). The molecule has 0 radical (unpaired) electrons. The molecule has 3 atom stereocenters. The first-order valence-electron chi connectivity index (χ1n) is 7.61. The largest absolute Gasteiger partial charge is 0.304 e. The van der Waals surface area contributed by atoms with Crippen LogP contribution in [-0.2, 0) is 6.54 Å². The van der Waals surface area contributed by atoms with Gasteiger partial charge in [0, 0.05) is 18.8 Å². The Morgan fingerprint density at radius 2 is 2.21 bits per heavy atom. The number of aryl methyl sites for hydroxylation is 1. The van der Waals surface area contributed by atoms with Crippen LogP contribution in [0.5, 0.6) is 0 Å². The van der Waals surface area contributed by atoms with Crippen molar-refractivity contribution in [2.45, 2.75) is 64.1 Å². The van der Waals surface area contributed by atoms with Crippen LogP contribution in [0, 0.1) is 5.92 Å². The quantitative estimate of drug-likeness (QED) is 0.850. The Morgan fingerprint density at radius 1 is 1.37 bits per heavy atom. The van der Waals surface area contributed by atoms with Gasteiger partial charge >= 0.3 is 0 Å². The maximum atomic E-state index is 12.6. The minimum atomic E-state index is 0.00125. The van der Waals surface area contributed by atoms with Crippen molar-refractivity contribution >= 4 is 5.78 Å². The van der Waals surface area contributed by atoms with Gasteiger partial charge in [0.25, 0.3) is 0 Å². The smallest absolute Gasteiger partial charge is 0.197 e. The van der Waals surface area contributed by atoms with Crippen molar-refractivity contribution in [3.63, 3.8) is 0 Å². The molecule has 104 valence electrons. The summed E-state index contributed by atoms with van der Waals surface area (Å²) in [6.07, 6.45) is 9.16. The van der Waals surface area contributed by atoms with Crippen molar-refractivity contribution < 1.29 is 4.79 Å². The molecular weight excluding hydrogens is 238 g/mol. The molecule has 0 bridgehead atoms. The number of carbonyl (C=O) groups is 1. The van der Waals surface area contributed by atoms with Crippen molar-refractivity contribution in [3.8, 4) is 0 Å². The summed E-state index contributed by atoms with van der Waals surface area (Å²) in [5.74, 6) is 1.03. The topological polar surface area (TPSA) is 46.9 Å². The first kappa shape index (κ1) is 12.9. The van der Waals surface area contributed by atoms with Crippen LogP contribution in [0.4, 0.5) is 0 Å². The van der Waals surface area contributed by atoms with Gasteiger partial charge in [0.2, 0.25) is 0 Å². The lowest BCUT2D eigenvalue weighted by atomic mass is 9.77. The number of rotatable bonds is 3. The first-order chi connectivity index (χ1) is 9.29. The van der Waals surface area contributed by atoms with Gasteiger partial charge in [-0.15, -0.1) is 0 Å². The van der Waals surface area contributed by atoms with Crippen LogP contribution >= 0.6 is 0 Å². The van der Waals surface area contributed by atoms with E-state index in [-0.39, 0.29) is 11.8 Å². The van der Waals surface area contributed by atoms with E-state index in [1.165, 1.54) is 32.1 Å². The molecule has 4 nitrogen and oxygen atoms in total. The van der Waals surface area contributed by atoms with Gasteiger partial charge in [-0.1, -0.05) is 12.8 Å². The molecule has 1 aromatic heterocycles. The van der Waals surface area contributed by atoms with Gasteiger partial charge in [-0.25, -0.2) is 0 Å². The molecule has 2 aliphatic rings. The van der Waals surface area contributed by atoms with E-state index in [4.69, 9.17) is 0 Å². The molecule has 0 spiro atoms. The number of ketones is 1. The molecule has 2 heterocycles. The van der Waals surface area contributed by atoms with E-state index in [2.05, 4.69) is 10.4 Å². The summed E-state index contributed by atoms with van der Waals surface area (Å²) >= 11 is 0. The molecule has 0 amide bonds. The first-order valence-corrected chi connectivity index (χ1v) is 7.61. The third-order valence-electron chi connectivity index (χ3n) is 4.74. The highest BCUT2D eigenvalue weighted by Gasteiger charge is 2.35. The number of aromatic nitrogens is 2. The zero-order valence-corrected chi connectivity index (χ0v) is 11.6. The highest BCUT2D eigenvalue weighted by atomic mass is 16.1. The van der Waals surface area contributed by atoms with Gasteiger partial charge in [-0.2, -0.15) is 5.10 Å². The van der Waals surface area contributed by atoms with Gasteiger partial charge < -0.3 is 5.32 Å². The second-order valence-corrected chi connectivity index (χ2v) is 5.84. The number of fused-ring (bicyclic) bond motifs is 1. The predicted molar refractivity (Wildman–Crippen MR) is 74.1 cm³/mol. The molecule has 1 N–H and O–H groups in total. The molecule has 2 fully saturated rings. The Hall–Kier alpha value is -1.16. The second kappa shape index (κ2) is 5.45. The van der Waals surface area contributed by atoms with E-state index in [0.717, 1.165) is 24.6 Å². The van der Waals surface area contributed by atoms with Gasteiger partial charge in [0.15, 0.2) is 5.78 Å². The number of Topliss-reactive ketones (excluding diaryl/α,β-unsaturated/α-hetero) is 1. The Labute approximate surface area is 114 Å². The fourth-order valence-electron chi connectivity index (χ4n) is 3.67. The number of carbonyl (C=O) groups excluding carboxylic acids is 1. The van der Waals surface area contributed by atoms with Gasteiger partial charge in [-0.05, 0) is 44.6 Å². The zero-order valence-electron chi connectivity index (χ0n) is 11.6. The van der Waals surface area contributed by atoms with E-state index in [9.17, 15) is 4.79 Å². The lowest BCUT2D eigenvalue weighted by Crippen LogP contribution is -2.52. The van der Waals surface area contributed by atoms with Crippen molar-refractivity contribution in [1.82, 2.24) is 15.1 Å². The standard InChI is InChI=1S/C15H23N3O/c1-2-18-14(9-10-16-18)15(19)13-8-7-11-5-3-4-6-12(11)17-13/h9-13,17H,2-8H2,1H3. The third-order valence-corrected chi connectivity index (χ3v) is 4.74. The number of hydrogen-bond acceptors (Lipinski definition) is 3. The Kier molecular flexibility index (Phi) is 3.69. The summed E-state index contributed by atoms with van der Waals surface area (Å²) < 4.78 is 1.80. The third kappa shape index (κ3) is 2.46. The van der Waals surface area contributed by atoms with E-state index >= 15 is 0 Å². The summed E-state index contributed by atoms with van der Waals surface area (Å²) in [6.45, 7) is 2.78. The van der Waals surface area contributed by atoms with Gasteiger partial charge in [0.1, 0.15) is 5.69 Å². The lowest BCUT2D eigenvalue weighted by Gasteiger charge is -2.39. The van der Waals surface area contributed by atoms with Crippen LogP contribution in [0.3, 0.4) is 0 Å². The minimum Gasteiger partial charge on any atom is -0.304 e. The van der Waals surface area contributed by atoms with Crippen LogP contribution in [0.15, 0.2) is 12.3 Å². The monoisotopic (exact) mass is 261 g/mol. The van der Waals surface area contributed by atoms with E-state index in [1.54, 1.807) is 10.9 Å². The van der Waals surface area contributed by atoms with Crippen molar-refractivity contribution in [2.24, 2.45) is 5.92 Å². The Balaban J connectivity index is 1.71. The molecule has 1 saturated heterocycles. The summed E-state index contributed by atoms with van der Waals surface area (Å²) in [4.78, 5) is 12.6. The highest BCUT2D eigenvalue weighted by molar-refractivity contribution is 5.98. The van der Waals surface area contributed by atoms with E-state index < -0.39 is 0 Å². The molecule has 4 heteroatoms. The molecule has 0 aromatic carbocycles. The number of nitrogens with zero attached hydrogens (tertiary/aromatic N) is 2.